The molecule has 8 heteroatoms. The van der Waals surface area contributed by atoms with E-state index in [1.807, 2.05) is 37.4 Å². The van der Waals surface area contributed by atoms with E-state index in [0.717, 1.165) is 51.9 Å². The molecule has 5 aliphatic rings. The van der Waals surface area contributed by atoms with Crippen LogP contribution in [-0.2, 0) is 16.6 Å². The predicted molar refractivity (Wildman–Crippen MR) is 152 cm³/mol. The Morgan fingerprint density at radius 1 is 1.18 bits per heavy atom. The van der Waals surface area contributed by atoms with Gasteiger partial charge in [-0.3, -0.25) is 9.69 Å². The maximum atomic E-state index is 13.4. The number of amides is 1. The normalized spacial score (nSPS) is 33.2. The third-order valence-corrected chi connectivity index (χ3v) is 11.8. The number of hydrogen-bond donors (Lipinski definition) is 2. The summed E-state index contributed by atoms with van der Waals surface area (Å²) in [5.74, 6) is 1.29. The fourth-order valence-electron chi connectivity index (χ4n) is 7.92. The Kier molecular flexibility index (Phi) is 5.83. The van der Waals surface area contributed by atoms with Gasteiger partial charge in [0.15, 0.2) is 11.5 Å². The second-order valence-electron chi connectivity index (χ2n) is 11.9. The largest absolute Gasteiger partial charge is 0.504 e. The summed E-state index contributed by atoms with van der Waals surface area (Å²) in [7, 11) is 1.84. The number of nitrogens with zero attached hydrogens (tertiary/aromatic N) is 2. The lowest BCUT2D eigenvalue weighted by molar-refractivity contribution is -0.200. The number of ether oxygens (including phenoxy) is 1. The molecule has 0 aromatic heterocycles. The summed E-state index contributed by atoms with van der Waals surface area (Å²) in [6.07, 6.45) is 8.41. The minimum absolute atomic E-state index is 0.0312. The Labute approximate surface area is 239 Å². The molecule has 1 amide bonds. The monoisotopic (exact) mass is 642 g/mol. The molecule has 6 nitrogen and oxygen atoms in total. The zero-order valence-electron chi connectivity index (χ0n) is 21.4. The lowest BCUT2D eigenvalue weighted by Gasteiger charge is -2.64. The Hall–Kier alpha value is -1.87. The van der Waals surface area contributed by atoms with Crippen molar-refractivity contribution in [1.82, 2.24) is 9.80 Å². The number of aromatic hydroxyl groups is 1. The summed E-state index contributed by atoms with van der Waals surface area (Å²) in [5, 5.41) is 23.5. The van der Waals surface area contributed by atoms with E-state index in [2.05, 4.69) is 36.8 Å². The number of halogens is 2. The Bertz CT molecular complexity index is 1360. The minimum atomic E-state index is -0.948. The topological polar surface area (TPSA) is 73.2 Å². The third kappa shape index (κ3) is 3.52. The lowest BCUT2D eigenvalue weighted by atomic mass is 9.48. The average molecular weight is 644 g/mol. The van der Waals surface area contributed by atoms with Crippen LogP contribution in [0.4, 0.5) is 0 Å². The van der Waals surface area contributed by atoms with Crippen molar-refractivity contribution in [2.24, 2.45) is 5.92 Å². The number of hydrogen-bond acceptors (Lipinski definition) is 5. The van der Waals surface area contributed by atoms with E-state index in [-0.39, 0.29) is 23.7 Å². The van der Waals surface area contributed by atoms with Crippen molar-refractivity contribution in [3.63, 3.8) is 0 Å². The molecule has 2 aliphatic heterocycles. The molecule has 0 unspecified atom stereocenters. The molecule has 2 N–H and O–H groups in total. The molecule has 2 bridgehead atoms. The number of phenolic OH excluding ortho intramolecular Hbond substituents is 1. The first-order valence-electron chi connectivity index (χ1n) is 13.6. The highest BCUT2D eigenvalue weighted by atomic mass is 79.9. The van der Waals surface area contributed by atoms with Gasteiger partial charge in [-0.05, 0) is 118 Å². The van der Waals surface area contributed by atoms with Gasteiger partial charge in [0.2, 0.25) is 5.91 Å². The van der Waals surface area contributed by atoms with E-state index < -0.39 is 17.1 Å². The van der Waals surface area contributed by atoms with Crippen LogP contribution >= 0.6 is 31.9 Å². The lowest BCUT2D eigenvalue weighted by Crippen LogP contribution is -2.78. The van der Waals surface area contributed by atoms with Gasteiger partial charge in [0.25, 0.3) is 0 Å². The molecule has 1 spiro atoms. The van der Waals surface area contributed by atoms with Gasteiger partial charge in [-0.25, -0.2) is 0 Å². The van der Waals surface area contributed by atoms with Crippen molar-refractivity contribution < 1.29 is 19.7 Å². The van der Waals surface area contributed by atoms with E-state index in [1.54, 1.807) is 17.0 Å². The molecule has 7 rings (SSSR count). The fourth-order valence-corrected chi connectivity index (χ4v) is 8.56. The van der Waals surface area contributed by atoms with Crippen LogP contribution in [-0.4, -0.2) is 69.8 Å². The van der Waals surface area contributed by atoms with Crippen molar-refractivity contribution in [3.8, 4) is 11.5 Å². The molecule has 2 heterocycles. The van der Waals surface area contributed by atoms with Crippen LogP contribution in [0.2, 0.25) is 0 Å². The molecular formula is C30H32Br2N2O4. The zero-order chi connectivity index (χ0) is 26.4. The number of phenols is 1. The highest BCUT2D eigenvalue weighted by molar-refractivity contribution is 9.13. The highest BCUT2D eigenvalue weighted by Gasteiger charge is 2.73. The van der Waals surface area contributed by atoms with Crippen LogP contribution in [0.15, 0.2) is 45.4 Å². The number of likely N-dealkylation sites (N-methyl/N-ethyl adjacent to an activating group) is 1. The number of carbonyl (C=O) groups excluding carboxylic acids is 1. The van der Waals surface area contributed by atoms with Crippen molar-refractivity contribution in [2.75, 3.05) is 20.1 Å². The van der Waals surface area contributed by atoms with E-state index >= 15 is 0 Å². The summed E-state index contributed by atoms with van der Waals surface area (Å²) in [4.78, 5) is 17.7. The number of likely N-dealkylation sites (tertiary alicyclic amines) is 1. The van der Waals surface area contributed by atoms with E-state index in [0.29, 0.717) is 18.6 Å². The van der Waals surface area contributed by atoms with Crippen LogP contribution in [0.5, 0.6) is 11.5 Å². The average Bonchev–Trinajstić information content (AvgIpc) is 3.64. The van der Waals surface area contributed by atoms with Crippen LogP contribution in [0.3, 0.4) is 0 Å². The van der Waals surface area contributed by atoms with Gasteiger partial charge in [0, 0.05) is 40.2 Å². The minimum Gasteiger partial charge on any atom is -0.504 e. The molecule has 3 fully saturated rings. The molecule has 2 aromatic rings. The number of piperidine rings is 1. The summed E-state index contributed by atoms with van der Waals surface area (Å²) >= 11 is 7.01. The fraction of sp³-hybridized carbons (Fsp3) is 0.500. The predicted octanol–water partition coefficient (Wildman–Crippen LogP) is 5.02. The van der Waals surface area contributed by atoms with Gasteiger partial charge >= 0.3 is 0 Å². The number of benzene rings is 2. The van der Waals surface area contributed by atoms with Crippen LogP contribution in [0.1, 0.15) is 48.8 Å². The molecular weight excluding hydrogens is 612 g/mol. The van der Waals surface area contributed by atoms with Crippen molar-refractivity contribution in [1.29, 1.82) is 0 Å². The summed E-state index contributed by atoms with van der Waals surface area (Å²) < 4.78 is 8.51. The molecule has 1 saturated heterocycles. The first kappa shape index (κ1) is 25.1. The Morgan fingerprint density at radius 2 is 2.00 bits per heavy atom. The smallest absolute Gasteiger partial charge is 0.246 e. The van der Waals surface area contributed by atoms with Gasteiger partial charge in [-0.15, -0.1) is 0 Å². The summed E-state index contributed by atoms with van der Waals surface area (Å²) in [6.45, 7) is 1.95. The van der Waals surface area contributed by atoms with Crippen molar-refractivity contribution in [3.05, 3.63) is 62.0 Å². The molecule has 200 valence electrons. The number of aliphatic hydroxyl groups is 1. The molecule has 3 aliphatic carbocycles. The second-order valence-corrected chi connectivity index (χ2v) is 13.6. The summed E-state index contributed by atoms with van der Waals surface area (Å²) in [6, 6.07) is 9.44. The maximum Gasteiger partial charge on any atom is 0.246 e. The first-order chi connectivity index (χ1) is 18.2. The SMILES string of the molecule is CN(C(=O)C=Cc1ccc(Br)c(Br)c1)[C@H]1CC[C@@]2(O)[C@H]3Cc4ccc(O)c5c4[C@@]2(CCN3CC2CC2)[C@H]1O5. The third-order valence-electron chi connectivity index (χ3n) is 9.94. The van der Waals surface area contributed by atoms with E-state index in [1.165, 1.54) is 18.4 Å². The van der Waals surface area contributed by atoms with Gasteiger partial charge < -0.3 is 19.8 Å². The molecule has 2 aromatic carbocycles. The molecule has 2 saturated carbocycles. The number of carbonyl (C=O) groups is 1. The zero-order valence-corrected chi connectivity index (χ0v) is 24.5. The van der Waals surface area contributed by atoms with Crippen LogP contribution < -0.4 is 4.74 Å². The van der Waals surface area contributed by atoms with E-state index in [9.17, 15) is 15.0 Å². The van der Waals surface area contributed by atoms with Crippen molar-refractivity contribution in [2.45, 2.75) is 67.7 Å². The first-order valence-corrected chi connectivity index (χ1v) is 15.2. The standard InChI is InChI=1S/C30H32Br2N2O4/c1-33(25(36)9-5-17-4-7-20(31)21(32)14-17)22-10-11-30(37)24-15-19-6-8-23(35)27-26(19)29(30,28(22)38-27)12-13-34(24)16-18-2-3-18/h4-9,14,18,22,24,28,35,37H,2-3,10-13,15-16H2,1H3/t22-,24+,28-,29-,30+/m0/s1. The van der Waals surface area contributed by atoms with Crippen LogP contribution in [0.25, 0.3) is 6.08 Å². The summed E-state index contributed by atoms with van der Waals surface area (Å²) in [5.41, 5.74) is 1.52. The highest BCUT2D eigenvalue weighted by Crippen LogP contribution is 2.66. The van der Waals surface area contributed by atoms with Gasteiger partial charge in [0.1, 0.15) is 6.10 Å². The maximum absolute atomic E-state index is 13.4. The molecule has 5 atom stereocenters. The van der Waals surface area contributed by atoms with E-state index in [4.69, 9.17) is 4.74 Å². The number of rotatable bonds is 5. The van der Waals surface area contributed by atoms with Gasteiger partial charge in [-0.2, -0.15) is 0 Å². The molecule has 38 heavy (non-hydrogen) atoms. The second kappa shape index (κ2) is 8.82. The Balaban J connectivity index is 1.23. The van der Waals surface area contributed by atoms with Gasteiger partial charge in [0.05, 0.1) is 17.1 Å². The van der Waals surface area contributed by atoms with Crippen LogP contribution in [0, 0.1) is 5.92 Å². The quantitative estimate of drug-likeness (QED) is 0.448. The van der Waals surface area contributed by atoms with Gasteiger partial charge in [-0.1, -0.05) is 12.1 Å². The van der Waals surface area contributed by atoms with Crippen molar-refractivity contribution >= 4 is 43.8 Å². The molecule has 0 radical (unpaired) electrons. The Morgan fingerprint density at radius 3 is 2.76 bits per heavy atom.